The maximum Gasteiger partial charge on any atom is 0.324 e. The van der Waals surface area contributed by atoms with Gasteiger partial charge in [0.1, 0.15) is 5.01 Å². The molecule has 2 aromatic carbocycles. The summed E-state index contributed by atoms with van der Waals surface area (Å²) in [6.45, 7) is 0. The highest BCUT2D eigenvalue weighted by Gasteiger charge is 2.19. The lowest BCUT2D eigenvalue weighted by atomic mass is 10.0. The molecule has 0 aliphatic rings. The molecule has 0 saturated heterocycles. The molecule has 0 radical (unpaired) electrons. The predicted octanol–water partition coefficient (Wildman–Crippen LogP) is 5.38. The normalized spacial score (nSPS) is 12.7. The van der Waals surface area contributed by atoms with E-state index in [1.54, 1.807) is 34.8 Å². The van der Waals surface area contributed by atoms with Crippen LogP contribution in [0.4, 0.5) is 5.69 Å². The van der Waals surface area contributed by atoms with Crippen molar-refractivity contribution in [3.63, 3.8) is 0 Å². The van der Waals surface area contributed by atoms with Crippen molar-refractivity contribution in [2.45, 2.75) is 25.3 Å². The summed E-state index contributed by atoms with van der Waals surface area (Å²) >= 11 is 0.796. The molecule has 0 saturated carbocycles. The molecule has 34 heavy (non-hydrogen) atoms. The van der Waals surface area contributed by atoms with Crippen molar-refractivity contribution in [2.75, 3.05) is 5.48 Å². The molecule has 2 atom stereocenters. The van der Waals surface area contributed by atoms with Gasteiger partial charge in [0.05, 0.1) is 22.3 Å². The predicted molar refractivity (Wildman–Crippen MR) is 137 cm³/mol. The van der Waals surface area contributed by atoms with Crippen molar-refractivity contribution in [2.24, 2.45) is 0 Å². The van der Waals surface area contributed by atoms with Crippen molar-refractivity contribution < 1.29 is 17.8 Å². The summed E-state index contributed by atoms with van der Waals surface area (Å²) in [6, 6.07) is 20.9. The van der Waals surface area contributed by atoms with Gasteiger partial charge >= 0.3 is 11.4 Å². The Morgan fingerprint density at radius 3 is 2.53 bits per heavy atom. The van der Waals surface area contributed by atoms with Gasteiger partial charge in [0.15, 0.2) is 0 Å². The number of nitrogens with zero attached hydrogens (tertiary/aromatic N) is 1. The monoisotopic (exact) mass is 513 g/mol. The Labute approximate surface area is 208 Å². The van der Waals surface area contributed by atoms with Crippen molar-refractivity contribution in [3.05, 3.63) is 94.3 Å². The molecule has 4 rings (SSSR count). The number of aryl methyl sites for hydroxylation is 1. The lowest BCUT2D eigenvalue weighted by Gasteiger charge is -2.18. The average molecular weight is 514 g/mol. The van der Waals surface area contributed by atoms with Gasteiger partial charge in [0.2, 0.25) is 5.91 Å². The topological polar surface area (TPSA) is 101 Å². The molecule has 2 heterocycles. The number of hydrogen-bond donors (Lipinski definition) is 3. The Kier molecular flexibility index (Phi) is 8.56. The van der Waals surface area contributed by atoms with Gasteiger partial charge in [0, 0.05) is 11.8 Å². The van der Waals surface area contributed by atoms with E-state index in [9.17, 15) is 9.00 Å². The van der Waals surface area contributed by atoms with Crippen LogP contribution in [0.2, 0.25) is 0 Å². The number of benzene rings is 2. The van der Waals surface area contributed by atoms with Crippen LogP contribution in [0, 0.1) is 0 Å². The third-order valence-electron chi connectivity index (χ3n) is 5.05. The molecular formula is C24H23N3O4S3. The first-order valence-corrected chi connectivity index (χ1v) is 13.3. The van der Waals surface area contributed by atoms with E-state index < -0.39 is 11.4 Å². The van der Waals surface area contributed by atoms with E-state index in [-0.39, 0.29) is 11.9 Å². The zero-order chi connectivity index (χ0) is 23.8. The minimum Gasteiger partial charge on any atom is -0.347 e. The fraction of sp³-hybridized carbons (Fsp3) is 0.167. The summed E-state index contributed by atoms with van der Waals surface area (Å²) in [5.41, 5.74) is 5.88. The number of anilines is 1. The van der Waals surface area contributed by atoms with Crippen LogP contribution >= 0.6 is 22.7 Å². The molecule has 0 aliphatic heterocycles. The Morgan fingerprint density at radius 1 is 1.03 bits per heavy atom. The van der Waals surface area contributed by atoms with E-state index in [1.807, 2.05) is 65.4 Å². The molecule has 10 heteroatoms. The van der Waals surface area contributed by atoms with E-state index in [0.717, 1.165) is 26.7 Å². The van der Waals surface area contributed by atoms with E-state index in [0.29, 0.717) is 24.9 Å². The van der Waals surface area contributed by atoms with Gasteiger partial charge in [-0.2, -0.15) is 4.21 Å². The average Bonchev–Trinajstić information content (AvgIpc) is 3.55. The molecule has 7 nitrogen and oxygen atoms in total. The van der Waals surface area contributed by atoms with Gasteiger partial charge in [-0.15, -0.1) is 27.0 Å². The van der Waals surface area contributed by atoms with Crippen LogP contribution in [0.25, 0.3) is 9.88 Å². The first-order chi connectivity index (χ1) is 16.6. The standard InChI is InChI=1S/C24H23N3O4S3/c28-23(13-10-17-5-2-1-3-6-17)25-20(21-16-33-24(26-21)22-7-4-14-32-22)15-18-8-11-19(12-9-18)27-31-34(29)30/h1-9,11-12,14,16,20,27H,10,13,15H2,(H,25,28)(H,29,30)/t20-/m0/s1. The van der Waals surface area contributed by atoms with Gasteiger partial charge in [-0.1, -0.05) is 48.5 Å². The summed E-state index contributed by atoms with van der Waals surface area (Å²) in [5, 5.41) is 8.11. The number of carbonyl (C=O) groups is 1. The maximum atomic E-state index is 12.8. The minimum atomic E-state index is -2.40. The quantitative estimate of drug-likeness (QED) is 0.184. The van der Waals surface area contributed by atoms with Crippen molar-refractivity contribution in [1.82, 2.24) is 10.3 Å². The van der Waals surface area contributed by atoms with E-state index >= 15 is 0 Å². The molecule has 1 unspecified atom stereocenters. The van der Waals surface area contributed by atoms with Crippen LogP contribution in [-0.2, 0) is 33.3 Å². The second kappa shape index (κ2) is 12.0. The third-order valence-corrected chi connectivity index (χ3v) is 7.18. The van der Waals surface area contributed by atoms with Crippen molar-refractivity contribution in [3.8, 4) is 9.88 Å². The van der Waals surface area contributed by atoms with Gasteiger partial charge in [-0.3, -0.25) is 9.35 Å². The largest absolute Gasteiger partial charge is 0.347 e. The Bertz CT molecular complexity index is 1210. The molecule has 0 fully saturated rings. The van der Waals surface area contributed by atoms with Gasteiger partial charge in [-0.25, -0.2) is 10.5 Å². The molecule has 4 aromatic rings. The smallest absolute Gasteiger partial charge is 0.324 e. The molecule has 1 amide bonds. The third kappa shape index (κ3) is 7.05. The Balaban J connectivity index is 1.47. The van der Waals surface area contributed by atoms with Gasteiger partial charge in [-0.05, 0) is 47.5 Å². The van der Waals surface area contributed by atoms with E-state index in [1.165, 1.54) is 0 Å². The molecule has 2 aromatic heterocycles. The molecule has 0 spiro atoms. The van der Waals surface area contributed by atoms with Crippen molar-refractivity contribution in [1.29, 1.82) is 0 Å². The second-order valence-corrected chi connectivity index (χ2v) is 9.87. The SMILES string of the molecule is O=C(CCc1ccccc1)N[C@@H](Cc1ccc(NOS(=O)O)cc1)c1csc(-c2cccs2)n1. The van der Waals surface area contributed by atoms with E-state index in [2.05, 4.69) is 15.1 Å². The van der Waals surface area contributed by atoms with Crippen molar-refractivity contribution >= 4 is 45.6 Å². The first kappa shape index (κ1) is 24.2. The number of hydrogen-bond acceptors (Lipinski definition) is 7. The minimum absolute atomic E-state index is 0.0309. The number of rotatable bonds is 11. The number of thiophene rings is 1. The van der Waals surface area contributed by atoms with Crippen LogP contribution in [-0.4, -0.2) is 19.7 Å². The first-order valence-electron chi connectivity index (χ1n) is 10.5. The fourth-order valence-corrected chi connectivity index (χ4v) is 5.24. The van der Waals surface area contributed by atoms with Crippen LogP contribution < -0.4 is 10.8 Å². The zero-order valence-corrected chi connectivity index (χ0v) is 20.5. The number of amides is 1. The number of thiazole rings is 1. The Hall–Kier alpha value is -2.89. The summed E-state index contributed by atoms with van der Waals surface area (Å²) in [4.78, 5) is 18.7. The fourth-order valence-electron chi connectivity index (χ4n) is 3.39. The van der Waals surface area contributed by atoms with Crippen LogP contribution in [0.15, 0.2) is 77.5 Å². The molecule has 3 N–H and O–H groups in total. The zero-order valence-electron chi connectivity index (χ0n) is 18.0. The van der Waals surface area contributed by atoms with Crippen LogP contribution in [0.1, 0.15) is 29.3 Å². The highest BCUT2D eigenvalue weighted by Crippen LogP contribution is 2.31. The molecule has 0 aliphatic carbocycles. The molecule has 176 valence electrons. The number of carbonyl (C=O) groups excluding carboxylic acids is 1. The lowest BCUT2D eigenvalue weighted by Crippen LogP contribution is -2.30. The molecular weight excluding hydrogens is 490 g/mol. The molecule has 0 bridgehead atoms. The van der Waals surface area contributed by atoms with Gasteiger partial charge in [0.25, 0.3) is 0 Å². The lowest BCUT2D eigenvalue weighted by molar-refractivity contribution is -0.121. The number of nitrogens with one attached hydrogen (secondary N) is 2. The summed E-state index contributed by atoms with van der Waals surface area (Å²) in [5.74, 6) is -0.0309. The summed E-state index contributed by atoms with van der Waals surface area (Å²) in [7, 11) is 0. The number of aromatic nitrogens is 1. The van der Waals surface area contributed by atoms with Crippen LogP contribution in [0.3, 0.4) is 0 Å². The highest BCUT2D eigenvalue weighted by molar-refractivity contribution is 7.74. The second-order valence-electron chi connectivity index (χ2n) is 7.46. The summed E-state index contributed by atoms with van der Waals surface area (Å²) in [6.07, 6.45) is 1.61. The Morgan fingerprint density at radius 2 is 1.82 bits per heavy atom. The summed E-state index contributed by atoms with van der Waals surface area (Å²) < 4.78 is 23.9. The maximum absolute atomic E-state index is 12.8. The van der Waals surface area contributed by atoms with Crippen LogP contribution in [0.5, 0.6) is 0 Å². The van der Waals surface area contributed by atoms with E-state index in [4.69, 9.17) is 9.54 Å². The highest BCUT2D eigenvalue weighted by atomic mass is 32.2. The van der Waals surface area contributed by atoms with Gasteiger partial charge < -0.3 is 5.32 Å².